The lowest BCUT2D eigenvalue weighted by Gasteiger charge is -2.19. The summed E-state index contributed by atoms with van der Waals surface area (Å²) in [5, 5.41) is 6.38. The fourth-order valence-electron chi connectivity index (χ4n) is 2.20. The van der Waals surface area contributed by atoms with Crippen LogP contribution in [0.5, 0.6) is 0 Å². The molecule has 2 N–H and O–H groups in total. The minimum Gasteiger partial charge on any atom is -0.336 e. The number of urea groups is 1. The number of sulfone groups is 1. The third-order valence-electron chi connectivity index (χ3n) is 3.76. The Kier molecular flexibility index (Phi) is 6.39. The standard InChI is InChI=1S/C17H22N2O3S2/c1-3-13(2)19-17(20)18-12-15(14-8-5-4-6-9-14)24(21,22)16-10-7-11-23-16/h4-11,13,15H,3,12H2,1-2H3,(H2,18,19,20). The van der Waals surface area contributed by atoms with E-state index in [0.717, 1.165) is 6.42 Å². The molecule has 0 saturated carbocycles. The van der Waals surface area contributed by atoms with E-state index in [-0.39, 0.29) is 18.6 Å². The summed E-state index contributed by atoms with van der Waals surface area (Å²) >= 11 is 1.19. The van der Waals surface area contributed by atoms with E-state index in [9.17, 15) is 13.2 Å². The first-order valence-corrected chi connectivity index (χ1v) is 10.2. The van der Waals surface area contributed by atoms with Gasteiger partial charge in [-0.25, -0.2) is 13.2 Å². The second kappa shape index (κ2) is 8.30. The van der Waals surface area contributed by atoms with Crippen LogP contribution < -0.4 is 10.6 Å². The van der Waals surface area contributed by atoms with Crippen LogP contribution in [0.25, 0.3) is 0 Å². The first kappa shape index (κ1) is 18.5. The van der Waals surface area contributed by atoms with E-state index in [0.29, 0.717) is 9.77 Å². The summed E-state index contributed by atoms with van der Waals surface area (Å²) in [6.45, 7) is 3.89. The van der Waals surface area contributed by atoms with Gasteiger partial charge >= 0.3 is 6.03 Å². The van der Waals surface area contributed by atoms with Gasteiger partial charge in [-0.1, -0.05) is 43.3 Å². The first-order valence-electron chi connectivity index (χ1n) is 7.81. The molecule has 5 nitrogen and oxygen atoms in total. The second-order valence-corrected chi connectivity index (χ2v) is 8.85. The molecule has 2 amide bonds. The van der Waals surface area contributed by atoms with E-state index in [4.69, 9.17) is 0 Å². The van der Waals surface area contributed by atoms with Gasteiger partial charge in [-0.3, -0.25) is 0 Å². The van der Waals surface area contributed by atoms with E-state index in [1.807, 2.05) is 19.9 Å². The monoisotopic (exact) mass is 366 g/mol. The van der Waals surface area contributed by atoms with Gasteiger partial charge in [0, 0.05) is 12.6 Å². The molecule has 2 atom stereocenters. The lowest BCUT2D eigenvalue weighted by molar-refractivity contribution is 0.237. The van der Waals surface area contributed by atoms with Crippen LogP contribution in [0.2, 0.25) is 0 Å². The van der Waals surface area contributed by atoms with Crippen molar-refractivity contribution < 1.29 is 13.2 Å². The zero-order valence-corrected chi connectivity index (χ0v) is 15.4. The first-order chi connectivity index (χ1) is 11.4. The molecule has 0 aliphatic rings. The molecule has 0 fully saturated rings. The number of carbonyl (C=O) groups is 1. The van der Waals surface area contributed by atoms with Crippen molar-refractivity contribution in [1.82, 2.24) is 10.6 Å². The Hall–Kier alpha value is -1.86. The van der Waals surface area contributed by atoms with Crippen LogP contribution in [-0.2, 0) is 9.84 Å². The zero-order valence-electron chi connectivity index (χ0n) is 13.7. The molecule has 2 unspecified atom stereocenters. The lowest BCUT2D eigenvalue weighted by Crippen LogP contribution is -2.42. The van der Waals surface area contributed by atoms with Crippen molar-refractivity contribution in [3.05, 3.63) is 53.4 Å². The molecule has 1 aromatic carbocycles. The molecule has 24 heavy (non-hydrogen) atoms. The maximum Gasteiger partial charge on any atom is 0.315 e. The summed E-state index contributed by atoms with van der Waals surface area (Å²) in [5.74, 6) is 0. The van der Waals surface area contributed by atoms with E-state index < -0.39 is 15.1 Å². The van der Waals surface area contributed by atoms with Crippen molar-refractivity contribution in [2.75, 3.05) is 6.54 Å². The van der Waals surface area contributed by atoms with Crippen molar-refractivity contribution in [3.63, 3.8) is 0 Å². The fourth-order valence-corrected chi connectivity index (χ4v) is 5.07. The van der Waals surface area contributed by atoms with Gasteiger partial charge in [0.25, 0.3) is 0 Å². The molecule has 0 aliphatic carbocycles. The Balaban J connectivity index is 2.21. The summed E-state index contributed by atoms with van der Waals surface area (Å²) < 4.78 is 26.2. The third-order valence-corrected chi connectivity index (χ3v) is 7.29. The molecule has 0 spiro atoms. The van der Waals surface area contributed by atoms with Crippen molar-refractivity contribution in [2.45, 2.75) is 35.8 Å². The molecule has 1 heterocycles. The van der Waals surface area contributed by atoms with E-state index in [1.54, 1.807) is 41.8 Å². The van der Waals surface area contributed by atoms with Crippen molar-refractivity contribution in [2.24, 2.45) is 0 Å². The fraction of sp³-hybridized carbons (Fsp3) is 0.353. The Bertz CT molecular complexity index is 743. The van der Waals surface area contributed by atoms with Crippen LogP contribution in [0, 0.1) is 0 Å². The van der Waals surface area contributed by atoms with Crippen molar-refractivity contribution in [3.8, 4) is 0 Å². The van der Waals surface area contributed by atoms with Gasteiger partial charge in [-0.2, -0.15) is 0 Å². The normalized spacial score (nSPS) is 13.9. The van der Waals surface area contributed by atoms with Crippen LogP contribution in [0.3, 0.4) is 0 Å². The highest BCUT2D eigenvalue weighted by Crippen LogP contribution is 2.30. The maximum atomic E-state index is 12.9. The predicted octanol–water partition coefficient (Wildman–Crippen LogP) is 3.36. The molecule has 130 valence electrons. The third kappa shape index (κ3) is 4.58. The van der Waals surface area contributed by atoms with Crippen molar-refractivity contribution >= 4 is 27.2 Å². The lowest BCUT2D eigenvalue weighted by atomic mass is 10.1. The number of benzene rings is 1. The molecule has 7 heteroatoms. The predicted molar refractivity (Wildman–Crippen MR) is 97.0 cm³/mol. The average molecular weight is 367 g/mol. The second-order valence-electron chi connectivity index (χ2n) is 5.54. The zero-order chi connectivity index (χ0) is 17.6. The van der Waals surface area contributed by atoms with Gasteiger partial charge in [0.15, 0.2) is 9.84 Å². The molecular formula is C17H22N2O3S2. The minimum atomic E-state index is -3.56. The number of carbonyl (C=O) groups excluding carboxylic acids is 1. The van der Waals surface area contributed by atoms with Gasteiger partial charge < -0.3 is 10.6 Å². The van der Waals surface area contributed by atoms with Crippen LogP contribution >= 0.6 is 11.3 Å². The SMILES string of the molecule is CCC(C)NC(=O)NCC(c1ccccc1)S(=O)(=O)c1cccs1. The average Bonchev–Trinajstić information content (AvgIpc) is 3.11. The number of hydrogen-bond donors (Lipinski definition) is 2. The topological polar surface area (TPSA) is 75.3 Å². The summed E-state index contributed by atoms with van der Waals surface area (Å²) in [6, 6.07) is 11.9. The number of thiophene rings is 1. The molecular weight excluding hydrogens is 344 g/mol. The minimum absolute atomic E-state index is 0.0204. The Labute approximate surface area is 147 Å². The van der Waals surface area contributed by atoms with Crippen LogP contribution in [0.15, 0.2) is 52.1 Å². The number of rotatable bonds is 7. The van der Waals surface area contributed by atoms with Gasteiger partial charge in [0.2, 0.25) is 0 Å². The van der Waals surface area contributed by atoms with Crippen LogP contribution in [0.1, 0.15) is 31.1 Å². The molecule has 0 saturated heterocycles. The highest BCUT2D eigenvalue weighted by atomic mass is 32.2. The van der Waals surface area contributed by atoms with E-state index in [1.165, 1.54) is 11.3 Å². The van der Waals surface area contributed by atoms with Gasteiger partial charge in [0.05, 0.1) is 0 Å². The number of hydrogen-bond acceptors (Lipinski definition) is 4. The molecule has 2 aromatic rings. The number of amides is 2. The Morgan fingerprint density at radius 1 is 1.17 bits per heavy atom. The summed E-state index contributed by atoms with van der Waals surface area (Å²) in [7, 11) is -3.56. The summed E-state index contributed by atoms with van der Waals surface area (Å²) in [6.07, 6.45) is 0.809. The molecule has 0 radical (unpaired) electrons. The molecule has 2 rings (SSSR count). The van der Waals surface area contributed by atoms with Crippen molar-refractivity contribution in [1.29, 1.82) is 0 Å². The van der Waals surface area contributed by atoms with Crippen LogP contribution in [0.4, 0.5) is 4.79 Å². The Morgan fingerprint density at radius 3 is 2.46 bits per heavy atom. The highest BCUT2D eigenvalue weighted by molar-refractivity contribution is 7.93. The van der Waals surface area contributed by atoms with Crippen LogP contribution in [-0.4, -0.2) is 27.0 Å². The highest BCUT2D eigenvalue weighted by Gasteiger charge is 2.30. The molecule has 0 aliphatic heterocycles. The largest absolute Gasteiger partial charge is 0.336 e. The van der Waals surface area contributed by atoms with Gasteiger partial charge in [-0.05, 0) is 30.4 Å². The number of nitrogens with one attached hydrogen (secondary N) is 2. The smallest absolute Gasteiger partial charge is 0.315 e. The van der Waals surface area contributed by atoms with E-state index >= 15 is 0 Å². The van der Waals surface area contributed by atoms with Gasteiger partial charge in [0.1, 0.15) is 9.46 Å². The Morgan fingerprint density at radius 2 is 1.88 bits per heavy atom. The van der Waals surface area contributed by atoms with Gasteiger partial charge in [-0.15, -0.1) is 11.3 Å². The van der Waals surface area contributed by atoms with E-state index in [2.05, 4.69) is 10.6 Å². The summed E-state index contributed by atoms with van der Waals surface area (Å²) in [5.41, 5.74) is 0.662. The molecule has 1 aromatic heterocycles. The maximum absolute atomic E-state index is 12.9. The molecule has 0 bridgehead atoms. The quantitative estimate of drug-likeness (QED) is 0.789. The summed E-state index contributed by atoms with van der Waals surface area (Å²) in [4.78, 5) is 11.9.